The minimum absolute atomic E-state index is 0. The summed E-state index contributed by atoms with van der Waals surface area (Å²) < 4.78 is 18.0. The fraction of sp³-hybridized carbons (Fsp3) is 0.224. The van der Waals surface area contributed by atoms with Crippen LogP contribution in [0.5, 0.6) is 11.5 Å². The third-order valence-corrected chi connectivity index (χ3v) is 11.9. The quantitative estimate of drug-likeness (QED) is 0.153. The molecule has 8 aromatic rings. The summed E-state index contributed by atoms with van der Waals surface area (Å²) in [6, 6.07) is 40.7. The summed E-state index contributed by atoms with van der Waals surface area (Å²) in [4.78, 5) is 11.7. The van der Waals surface area contributed by atoms with Gasteiger partial charge in [-0.05, 0) is 85.6 Å². The number of halogens is 2. The molecule has 6 aromatic carbocycles. The summed E-state index contributed by atoms with van der Waals surface area (Å²) in [6.45, 7) is 7.24. The highest BCUT2D eigenvalue weighted by Gasteiger charge is 2.19. The van der Waals surface area contributed by atoms with Crippen molar-refractivity contribution in [1.82, 2.24) is 20.2 Å². The first kappa shape index (κ1) is 43.3. The van der Waals surface area contributed by atoms with Crippen molar-refractivity contribution in [2.45, 2.75) is 34.4 Å². The molecular weight excluding hydrogens is 868 g/mol. The van der Waals surface area contributed by atoms with E-state index in [1.807, 2.05) is 55.6 Å². The van der Waals surface area contributed by atoms with Gasteiger partial charge in [-0.1, -0.05) is 124 Å². The van der Waals surface area contributed by atoms with Crippen molar-refractivity contribution in [3.05, 3.63) is 144 Å². The van der Waals surface area contributed by atoms with Crippen LogP contribution in [0.1, 0.15) is 29.7 Å². The van der Waals surface area contributed by atoms with Crippen molar-refractivity contribution in [1.29, 1.82) is 0 Å². The average molecular weight is 919 g/mol. The van der Waals surface area contributed by atoms with E-state index < -0.39 is 0 Å². The van der Waals surface area contributed by atoms with Crippen LogP contribution in [0.25, 0.3) is 67.4 Å². The Hall–Kier alpha value is -5.26. The number of nitrogens with zero attached hydrogens (tertiary/aromatic N) is 3. The van der Waals surface area contributed by atoms with Crippen LogP contribution in [0.3, 0.4) is 0 Å². The van der Waals surface area contributed by atoms with E-state index in [1.165, 1.54) is 11.1 Å². The molecule has 0 saturated heterocycles. The number of nitrogens with one attached hydrogen (secondary N) is 1. The maximum absolute atomic E-state index is 10.1. The summed E-state index contributed by atoms with van der Waals surface area (Å²) in [5.41, 5.74) is 13.9. The van der Waals surface area contributed by atoms with Crippen LogP contribution < -0.4 is 10.1 Å². The normalized spacial score (nSPS) is 12.3. The van der Waals surface area contributed by atoms with Crippen LogP contribution in [0.15, 0.2) is 130 Å². The lowest BCUT2D eigenvalue weighted by Gasteiger charge is -2.10. The molecule has 2 aromatic heterocycles. The monoisotopic (exact) mass is 916 g/mol. The summed E-state index contributed by atoms with van der Waals surface area (Å²) in [6.07, 6.45) is 0. The Balaban J connectivity index is 0.000000180. The number of hydrogen-bond donors (Lipinski definition) is 2. The second-order valence-electron chi connectivity index (χ2n) is 14.1. The summed E-state index contributed by atoms with van der Waals surface area (Å²) in [7, 11) is 3.95. The second kappa shape index (κ2) is 20.1. The maximum Gasteiger partial charge on any atom is 0.227 e. The number of ether oxygens (including phenoxy) is 1. The molecule has 0 radical (unpaired) electrons. The van der Waals surface area contributed by atoms with E-state index in [2.05, 4.69) is 135 Å². The smallest absolute Gasteiger partial charge is 0.227 e. The highest BCUT2D eigenvalue weighted by Crippen LogP contribution is 2.37. The van der Waals surface area contributed by atoms with Crippen LogP contribution in [0, 0.1) is 13.8 Å². The summed E-state index contributed by atoms with van der Waals surface area (Å²) in [5, 5.41) is 15.3. The Morgan fingerprint density at radius 2 is 1.19 bits per heavy atom. The van der Waals surface area contributed by atoms with Gasteiger partial charge in [-0.2, -0.15) is 0 Å². The molecule has 2 N–H and O–H groups in total. The van der Waals surface area contributed by atoms with Gasteiger partial charge in [-0.3, -0.25) is 4.90 Å². The number of oxazole rings is 2. The molecule has 0 spiro atoms. The van der Waals surface area contributed by atoms with Gasteiger partial charge in [0.1, 0.15) is 29.1 Å². The fourth-order valence-electron chi connectivity index (χ4n) is 7.10. The third kappa shape index (κ3) is 9.96. The zero-order valence-electron chi connectivity index (χ0n) is 33.1. The van der Waals surface area contributed by atoms with Gasteiger partial charge in [-0.15, -0.1) is 0 Å². The van der Waals surface area contributed by atoms with E-state index in [-0.39, 0.29) is 13.2 Å². The van der Waals surface area contributed by atoms with E-state index in [1.54, 1.807) is 6.07 Å². The van der Waals surface area contributed by atoms with Crippen LogP contribution in [-0.2, 0) is 13.1 Å². The number of rotatable bonds is 7. The molecule has 0 saturated carbocycles. The molecular formula is C49H50Br2N4O4. The van der Waals surface area contributed by atoms with E-state index >= 15 is 0 Å². The van der Waals surface area contributed by atoms with Gasteiger partial charge in [0.2, 0.25) is 11.8 Å². The second-order valence-corrected chi connectivity index (χ2v) is 15.7. The first-order valence-corrected chi connectivity index (χ1v) is 21.5. The molecule has 304 valence electrons. The molecule has 0 aliphatic carbocycles. The van der Waals surface area contributed by atoms with Gasteiger partial charge >= 0.3 is 0 Å². The fourth-order valence-corrected chi connectivity index (χ4v) is 7.10. The van der Waals surface area contributed by atoms with E-state index in [0.717, 1.165) is 90.6 Å². The van der Waals surface area contributed by atoms with Crippen LogP contribution in [0.4, 0.5) is 0 Å². The Morgan fingerprint density at radius 3 is 1.71 bits per heavy atom. The lowest BCUT2D eigenvalue weighted by Crippen LogP contribution is -2.20. The first-order valence-electron chi connectivity index (χ1n) is 19.2. The van der Waals surface area contributed by atoms with Crippen molar-refractivity contribution >= 4 is 54.1 Å². The van der Waals surface area contributed by atoms with Gasteiger partial charge in [0.25, 0.3) is 0 Å². The van der Waals surface area contributed by atoms with E-state index in [0.29, 0.717) is 30.5 Å². The summed E-state index contributed by atoms with van der Waals surface area (Å²) in [5.74, 6) is 2.33. The van der Waals surface area contributed by atoms with Gasteiger partial charge in [0, 0.05) is 64.7 Å². The van der Waals surface area contributed by atoms with Crippen molar-refractivity contribution in [2.24, 2.45) is 0 Å². The van der Waals surface area contributed by atoms with Gasteiger partial charge < -0.3 is 24.0 Å². The molecule has 3 heterocycles. The zero-order chi connectivity index (χ0) is 40.6. The van der Waals surface area contributed by atoms with Crippen molar-refractivity contribution in [3.63, 3.8) is 0 Å². The third-order valence-electron chi connectivity index (χ3n) is 10.1. The molecule has 0 amide bonds. The molecule has 0 bridgehead atoms. The van der Waals surface area contributed by atoms with E-state index in [9.17, 15) is 5.11 Å². The minimum atomic E-state index is 0. The molecule has 9 rings (SSSR count). The van der Waals surface area contributed by atoms with Crippen molar-refractivity contribution < 1.29 is 18.7 Å². The molecule has 0 fully saturated rings. The number of aromatic hydroxyl groups is 1. The Bertz CT molecular complexity index is 2620. The molecule has 0 unspecified atom stereocenters. The van der Waals surface area contributed by atoms with Crippen LogP contribution >= 0.6 is 31.9 Å². The predicted molar refractivity (Wildman–Crippen MR) is 250 cm³/mol. The number of hydrogen-bond acceptors (Lipinski definition) is 8. The predicted octanol–water partition coefficient (Wildman–Crippen LogP) is 12.6. The van der Waals surface area contributed by atoms with Crippen molar-refractivity contribution in [3.8, 4) is 56.7 Å². The Morgan fingerprint density at radius 1 is 0.678 bits per heavy atom. The Labute approximate surface area is 363 Å². The highest BCUT2D eigenvalue weighted by atomic mass is 79.9. The molecule has 59 heavy (non-hydrogen) atoms. The molecule has 0 atom stereocenters. The zero-order valence-corrected chi connectivity index (χ0v) is 36.2. The maximum atomic E-state index is 10.1. The average Bonchev–Trinajstić information content (AvgIpc) is 3.80. The standard InChI is InChI=1S/C24H22N2O2.C22H20N2O2.C2H4Br2.CH4/c1-16-19(17-7-4-3-5-8-17)9-6-10-20(16)24-25-21-13-18-15-26(2)11-12-27-22(18)14-23(21)28-24;1-14-17(15-7-4-3-5-8-15)9-6-10-18(14)22-24-19-11-16(13-23-2)20(25)12-21(19)26-22;3-1-2-4;/h3-10,13-14H,11-12,15H2,1-2H3;3-12,23,25H,13H2,1-2H3;1-2H2;1H4. The van der Waals surface area contributed by atoms with Gasteiger partial charge in [0.05, 0.1) is 0 Å². The van der Waals surface area contributed by atoms with Crippen molar-refractivity contribution in [2.75, 3.05) is 37.9 Å². The summed E-state index contributed by atoms with van der Waals surface area (Å²) >= 11 is 6.40. The highest BCUT2D eigenvalue weighted by molar-refractivity contribution is 9.11. The largest absolute Gasteiger partial charge is 0.507 e. The lowest BCUT2D eigenvalue weighted by atomic mass is 9.96. The minimum Gasteiger partial charge on any atom is -0.507 e. The van der Waals surface area contributed by atoms with Crippen LogP contribution in [0.2, 0.25) is 0 Å². The van der Waals surface area contributed by atoms with Gasteiger partial charge in [-0.25, -0.2) is 9.97 Å². The number of benzene rings is 6. The SMILES string of the molecule is BrCCBr.C.CNCc1cc2nc(-c3cccc(-c4ccccc4)c3C)oc2cc1O.Cc1c(-c2ccccc2)cccc1-c1nc2cc3c(cc2o1)OCCN(C)C3. The first-order chi connectivity index (χ1) is 28.3. The van der Waals surface area contributed by atoms with Crippen LogP contribution in [-0.4, -0.2) is 57.9 Å². The number of phenolic OH excluding ortho intramolecular Hbond substituents is 1. The van der Waals surface area contributed by atoms with E-state index in [4.69, 9.17) is 18.6 Å². The number of alkyl halides is 2. The molecule has 1 aliphatic heterocycles. The van der Waals surface area contributed by atoms with Gasteiger partial charge in [0.15, 0.2) is 11.2 Å². The number of phenols is 1. The molecule has 1 aliphatic rings. The number of fused-ring (bicyclic) bond motifs is 3. The Kier molecular flexibility index (Phi) is 14.8. The lowest BCUT2D eigenvalue weighted by molar-refractivity contribution is 0.259. The number of aromatic nitrogens is 2. The topological polar surface area (TPSA) is 96.8 Å². The molecule has 10 heteroatoms. The molecule has 8 nitrogen and oxygen atoms in total. The number of likely N-dealkylation sites (N-methyl/N-ethyl adjacent to an activating group) is 1.